The van der Waals surface area contributed by atoms with E-state index in [1.807, 2.05) is 31.2 Å². The molecule has 0 unspecified atom stereocenters. The van der Waals surface area contributed by atoms with Gasteiger partial charge in [0.2, 0.25) is 5.91 Å². The number of nitrogens with one attached hydrogen (secondary N) is 1. The van der Waals surface area contributed by atoms with Gasteiger partial charge in [0, 0.05) is 10.9 Å². The van der Waals surface area contributed by atoms with E-state index in [1.165, 1.54) is 12.8 Å². The van der Waals surface area contributed by atoms with Crippen molar-refractivity contribution in [2.45, 2.75) is 38.6 Å². The fraction of sp³-hybridized carbons (Fsp3) is 0.500. The fourth-order valence-corrected chi connectivity index (χ4v) is 2.48. The van der Waals surface area contributed by atoms with Crippen molar-refractivity contribution in [2.24, 2.45) is 5.92 Å². The van der Waals surface area contributed by atoms with Gasteiger partial charge in [-0.05, 0) is 37.5 Å². The van der Waals surface area contributed by atoms with Crippen LogP contribution < -0.4 is 5.32 Å². The van der Waals surface area contributed by atoms with Crippen LogP contribution in [0.1, 0.15) is 44.2 Å². The first-order valence-corrected chi connectivity index (χ1v) is 6.60. The summed E-state index contributed by atoms with van der Waals surface area (Å²) in [6, 6.07) is 7.69. The Balaban J connectivity index is 1.93. The number of amides is 1. The molecule has 0 saturated heterocycles. The van der Waals surface area contributed by atoms with E-state index < -0.39 is 0 Å². The van der Waals surface area contributed by atoms with Crippen LogP contribution in [0, 0.1) is 5.92 Å². The van der Waals surface area contributed by atoms with Gasteiger partial charge in [-0.1, -0.05) is 36.6 Å². The largest absolute Gasteiger partial charge is 0.349 e. The summed E-state index contributed by atoms with van der Waals surface area (Å²) < 4.78 is 0. The first-order chi connectivity index (χ1) is 8.16. The molecule has 1 aliphatic rings. The third-order valence-corrected chi connectivity index (χ3v) is 3.71. The topological polar surface area (TPSA) is 29.1 Å². The maximum Gasteiger partial charge on any atom is 0.223 e. The highest BCUT2D eigenvalue weighted by molar-refractivity contribution is 6.30. The van der Waals surface area contributed by atoms with Crippen LogP contribution >= 0.6 is 11.6 Å². The predicted molar refractivity (Wildman–Crippen MR) is 70.0 cm³/mol. The zero-order chi connectivity index (χ0) is 12.3. The molecular weight excluding hydrogens is 234 g/mol. The number of rotatable bonds is 3. The standard InChI is InChI=1S/C14H18ClNO/c1-10(11-6-8-13(15)9-7-11)16-14(17)12-4-2-3-5-12/h6-10,12H,2-5H2,1H3,(H,16,17)/t10-/m1/s1. The van der Waals surface area contributed by atoms with Gasteiger partial charge in [0.05, 0.1) is 6.04 Å². The fourth-order valence-electron chi connectivity index (χ4n) is 2.35. The summed E-state index contributed by atoms with van der Waals surface area (Å²) >= 11 is 5.84. The minimum atomic E-state index is 0.0559. The lowest BCUT2D eigenvalue weighted by Gasteiger charge is -2.17. The van der Waals surface area contributed by atoms with Gasteiger partial charge in [0.15, 0.2) is 0 Å². The summed E-state index contributed by atoms with van der Waals surface area (Å²) in [5.41, 5.74) is 1.10. The van der Waals surface area contributed by atoms with Gasteiger partial charge >= 0.3 is 0 Å². The molecule has 0 spiro atoms. The second kappa shape index (κ2) is 5.54. The van der Waals surface area contributed by atoms with Crippen LogP contribution in [-0.4, -0.2) is 5.91 Å². The molecule has 1 aromatic carbocycles. The van der Waals surface area contributed by atoms with Crippen LogP contribution in [0.3, 0.4) is 0 Å². The molecule has 17 heavy (non-hydrogen) atoms. The van der Waals surface area contributed by atoms with Crippen molar-refractivity contribution in [1.82, 2.24) is 5.32 Å². The molecule has 0 aromatic heterocycles. The quantitative estimate of drug-likeness (QED) is 0.872. The molecule has 1 saturated carbocycles. The van der Waals surface area contributed by atoms with Crippen LogP contribution in [0.2, 0.25) is 5.02 Å². The Labute approximate surface area is 107 Å². The van der Waals surface area contributed by atoms with Gasteiger partial charge in [-0.15, -0.1) is 0 Å². The summed E-state index contributed by atoms with van der Waals surface area (Å²) in [4.78, 5) is 12.0. The highest BCUT2D eigenvalue weighted by Gasteiger charge is 2.23. The van der Waals surface area contributed by atoms with E-state index in [9.17, 15) is 4.79 Å². The van der Waals surface area contributed by atoms with Crippen molar-refractivity contribution in [1.29, 1.82) is 0 Å². The van der Waals surface area contributed by atoms with E-state index in [0.29, 0.717) is 0 Å². The number of halogens is 1. The third-order valence-electron chi connectivity index (χ3n) is 3.45. The van der Waals surface area contributed by atoms with Gasteiger partial charge in [0.25, 0.3) is 0 Å². The Morgan fingerprint density at radius 2 is 1.88 bits per heavy atom. The Hall–Kier alpha value is -1.02. The predicted octanol–water partition coefficient (Wildman–Crippen LogP) is 3.71. The summed E-state index contributed by atoms with van der Waals surface area (Å²) in [5.74, 6) is 0.426. The zero-order valence-electron chi connectivity index (χ0n) is 10.1. The average molecular weight is 252 g/mol. The highest BCUT2D eigenvalue weighted by Crippen LogP contribution is 2.25. The lowest BCUT2D eigenvalue weighted by molar-refractivity contribution is -0.125. The van der Waals surface area contributed by atoms with E-state index in [2.05, 4.69) is 5.32 Å². The molecule has 0 bridgehead atoms. The molecular formula is C14H18ClNO. The third kappa shape index (κ3) is 3.22. The van der Waals surface area contributed by atoms with Crippen molar-refractivity contribution in [2.75, 3.05) is 0 Å². The smallest absolute Gasteiger partial charge is 0.223 e. The van der Waals surface area contributed by atoms with Crippen LogP contribution in [0.5, 0.6) is 0 Å². The molecule has 1 amide bonds. The highest BCUT2D eigenvalue weighted by atomic mass is 35.5. The molecule has 2 nitrogen and oxygen atoms in total. The molecule has 1 N–H and O–H groups in total. The summed E-state index contributed by atoms with van der Waals surface area (Å²) in [5, 5.41) is 3.80. The van der Waals surface area contributed by atoms with Crippen molar-refractivity contribution in [3.05, 3.63) is 34.9 Å². The van der Waals surface area contributed by atoms with Crippen LogP contribution in [0.4, 0.5) is 0 Å². The minimum absolute atomic E-state index is 0.0559. The molecule has 3 heteroatoms. The number of benzene rings is 1. The van der Waals surface area contributed by atoms with Crippen LogP contribution in [-0.2, 0) is 4.79 Å². The monoisotopic (exact) mass is 251 g/mol. The summed E-state index contributed by atoms with van der Waals surface area (Å²) in [7, 11) is 0. The van der Waals surface area contributed by atoms with E-state index >= 15 is 0 Å². The number of hydrogen-bond acceptors (Lipinski definition) is 1. The number of hydrogen-bond donors (Lipinski definition) is 1. The SMILES string of the molecule is C[C@@H](NC(=O)C1CCCC1)c1ccc(Cl)cc1. The normalized spacial score (nSPS) is 18.0. The molecule has 0 radical (unpaired) electrons. The van der Waals surface area contributed by atoms with Gasteiger partial charge < -0.3 is 5.32 Å². The van der Waals surface area contributed by atoms with Gasteiger partial charge in [-0.2, -0.15) is 0 Å². The second-order valence-electron chi connectivity index (χ2n) is 4.76. The molecule has 1 aromatic rings. The molecule has 0 heterocycles. The zero-order valence-corrected chi connectivity index (χ0v) is 10.8. The Kier molecular flexibility index (Phi) is 4.06. The maximum absolute atomic E-state index is 12.0. The summed E-state index contributed by atoms with van der Waals surface area (Å²) in [6.07, 6.45) is 4.46. The Bertz CT molecular complexity index is 382. The summed E-state index contributed by atoms with van der Waals surface area (Å²) in [6.45, 7) is 2.01. The van der Waals surface area contributed by atoms with Crippen molar-refractivity contribution < 1.29 is 4.79 Å². The number of carbonyl (C=O) groups excluding carboxylic acids is 1. The van der Waals surface area contributed by atoms with E-state index in [4.69, 9.17) is 11.6 Å². The molecule has 1 fully saturated rings. The van der Waals surface area contributed by atoms with E-state index in [0.717, 1.165) is 23.4 Å². The minimum Gasteiger partial charge on any atom is -0.349 e. The van der Waals surface area contributed by atoms with Gasteiger partial charge in [0.1, 0.15) is 0 Å². The van der Waals surface area contributed by atoms with Gasteiger partial charge in [-0.3, -0.25) is 4.79 Å². The van der Waals surface area contributed by atoms with Crippen molar-refractivity contribution in [3.63, 3.8) is 0 Å². The van der Waals surface area contributed by atoms with Crippen LogP contribution in [0.15, 0.2) is 24.3 Å². The number of carbonyl (C=O) groups is 1. The molecule has 1 atom stereocenters. The Morgan fingerprint density at radius 1 is 1.29 bits per heavy atom. The Morgan fingerprint density at radius 3 is 2.47 bits per heavy atom. The molecule has 92 valence electrons. The van der Waals surface area contributed by atoms with Gasteiger partial charge in [-0.25, -0.2) is 0 Å². The lowest BCUT2D eigenvalue weighted by atomic mass is 10.0. The second-order valence-corrected chi connectivity index (χ2v) is 5.20. The van der Waals surface area contributed by atoms with Crippen molar-refractivity contribution in [3.8, 4) is 0 Å². The van der Waals surface area contributed by atoms with Crippen molar-refractivity contribution >= 4 is 17.5 Å². The molecule has 2 rings (SSSR count). The first-order valence-electron chi connectivity index (χ1n) is 6.22. The molecule has 0 aliphatic heterocycles. The average Bonchev–Trinajstić information content (AvgIpc) is 2.83. The lowest BCUT2D eigenvalue weighted by Crippen LogP contribution is -2.31. The van der Waals surface area contributed by atoms with E-state index in [-0.39, 0.29) is 17.9 Å². The molecule has 1 aliphatic carbocycles. The maximum atomic E-state index is 12.0. The van der Waals surface area contributed by atoms with E-state index in [1.54, 1.807) is 0 Å². The first kappa shape index (κ1) is 12.4. The van der Waals surface area contributed by atoms with Crippen LogP contribution in [0.25, 0.3) is 0 Å².